The predicted molar refractivity (Wildman–Crippen MR) is 84.0 cm³/mol. The van der Waals surface area contributed by atoms with E-state index in [0.717, 1.165) is 0 Å². The van der Waals surface area contributed by atoms with Crippen LogP contribution >= 0.6 is 0 Å². The molecule has 0 radical (unpaired) electrons. The summed E-state index contributed by atoms with van der Waals surface area (Å²) in [7, 11) is 0. The maximum atomic E-state index is 12.1. The number of hydrogen-bond acceptors (Lipinski definition) is 4. The van der Waals surface area contributed by atoms with Crippen molar-refractivity contribution in [2.24, 2.45) is 0 Å². The summed E-state index contributed by atoms with van der Waals surface area (Å²) in [5.41, 5.74) is 0.00578. The average molecular weight is 299 g/mol. The van der Waals surface area contributed by atoms with Crippen LogP contribution < -0.4 is 5.32 Å². The molecule has 2 rings (SSSR count). The van der Waals surface area contributed by atoms with Crippen LogP contribution in [0.4, 0.5) is 0 Å². The van der Waals surface area contributed by atoms with Gasteiger partial charge in [-0.15, -0.1) is 0 Å². The molecule has 0 spiro atoms. The number of rotatable bonds is 6. The molecule has 0 saturated heterocycles. The van der Waals surface area contributed by atoms with Gasteiger partial charge in [-0.2, -0.15) is 0 Å². The monoisotopic (exact) mass is 299 g/mol. The van der Waals surface area contributed by atoms with E-state index in [-0.39, 0.29) is 22.8 Å². The molecule has 0 fully saturated rings. The van der Waals surface area contributed by atoms with Crippen molar-refractivity contribution in [1.82, 2.24) is 5.32 Å². The SMILES string of the molecule is C=CC(=O)CCCNC(=O)c1cc(O)c2ccccc2c1O. The number of phenols is 2. The molecule has 0 aliphatic rings. The Labute approximate surface area is 127 Å². The summed E-state index contributed by atoms with van der Waals surface area (Å²) in [4.78, 5) is 23.2. The Balaban J connectivity index is 2.13. The van der Waals surface area contributed by atoms with Gasteiger partial charge in [-0.05, 0) is 18.6 Å². The van der Waals surface area contributed by atoms with Crippen LogP contribution in [0.25, 0.3) is 10.8 Å². The lowest BCUT2D eigenvalue weighted by atomic mass is 10.0. The van der Waals surface area contributed by atoms with E-state index in [4.69, 9.17) is 0 Å². The second-order valence-corrected chi connectivity index (χ2v) is 4.87. The Morgan fingerprint density at radius 1 is 1.18 bits per heavy atom. The summed E-state index contributed by atoms with van der Waals surface area (Å²) in [6.45, 7) is 3.67. The molecule has 3 N–H and O–H groups in total. The highest BCUT2D eigenvalue weighted by Gasteiger charge is 2.16. The van der Waals surface area contributed by atoms with Crippen LogP contribution in [0.3, 0.4) is 0 Å². The molecular weight excluding hydrogens is 282 g/mol. The fraction of sp³-hybridized carbons (Fsp3) is 0.176. The van der Waals surface area contributed by atoms with Crippen molar-refractivity contribution in [2.45, 2.75) is 12.8 Å². The van der Waals surface area contributed by atoms with Gasteiger partial charge in [0, 0.05) is 23.7 Å². The topological polar surface area (TPSA) is 86.6 Å². The zero-order valence-electron chi connectivity index (χ0n) is 12.0. The number of aromatic hydroxyl groups is 2. The predicted octanol–water partition coefficient (Wildman–Crippen LogP) is 2.52. The normalized spacial score (nSPS) is 10.4. The van der Waals surface area contributed by atoms with Gasteiger partial charge in [0.2, 0.25) is 0 Å². The van der Waals surface area contributed by atoms with Crippen molar-refractivity contribution in [1.29, 1.82) is 0 Å². The zero-order chi connectivity index (χ0) is 16.1. The van der Waals surface area contributed by atoms with Crippen LogP contribution in [0.15, 0.2) is 43.0 Å². The standard InChI is InChI=1S/C17H17NO4/c1-2-11(19)6-5-9-18-17(22)14-10-15(20)12-7-3-4-8-13(12)16(14)21/h2-4,7-8,10,20-21H,1,5-6,9H2,(H,18,22). The maximum absolute atomic E-state index is 12.1. The highest BCUT2D eigenvalue weighted by atomic mass is 16.3. The number of carbonyl (C=O) groups excluding carboxylic acids is 2. The van der Waals surface area contributed by atoms with E-state index in [1.165, 1.54) is 12.1 Å². The van der Waals surface area contributed by atoms with E-state index in [1.807, 2.05) is 0 Å². The number of nitrogens with one attached hydrogen (secondary N) is 1. The Kier molecular flexibility index (Phi) is 4.78. The molecule has 0 atom stereocenters. The summed E-state index contributed by atoms with van der Waals surface area (Å²) in [6.07, 6.45) is 2.03. The number of amides is 1. The van der Waals surface area contributed by atoms with E-state index in [9.17, 15) is 19.8 Å². The molecule has 5 nitrogen and oxygen atoms in total. The Hall–Kier alpha value is -2.82. The van der Waals surface area contributed by atoms with Gasteiger partial charge in [-0.25, -0.2) is 0 Å². The fourth-order valence-corrected chi connectivity index (χ4v) is 2.18. The number of ketones is 1. The maximum Gasteiger partial charge on any atom is 0.255 e. The third kappa shape index (κ3) is 3.25. The first-order chi connectivity index (χ1) is 10.5. The third-order valence-electron chi connectivity index (χ3n) is 3.35. The van der Waals surface area contributed by atoms with Gasteiger partial charge >= 0.3 is 0 Å². The van der Waals surface area contributed by atoms with Gasteiger partial charge in [0.15, 0.2) is 5.78 Å². The minimum Gasteiger partial charge on any atom is -0.507 e. The number of phenolic OH excluding ortho intramolecular Hbond substituents is 2. The molecular formula is C17H17NO4. The van der Waals surface area contributed by atoms with E-state index >= 15 is 0 Å². The molecule has 0 aliphatic heterocycles. The smallest absolute Gasteiger partial charge is 0.255 e. The van der Waals surface area contributed by atoms with Crippen molar-refractivity contribution >= 4 is 22.5 Å². The largest absolute Gasteiger partial charge is 0.507 e. The fourth-order valence-electron chi connectivity index (χ4n) is 2.18. The van der Waals surface area contributed by atoms with E-state index in [1.54, 1.807) is 24.3 Å². The number of allylic oxidation sites excluding steroid dienone is 1. The number of carbonyl (C=O) groups is 2. The number of hydrogen-bond donors (Lipinski definition) is 3. The van der Waals surface area contributed by atoms with Crippen LogP contribution in [0.5, 0.6) is 11.5 Å². The molecule has 2 aromatic rings. The lowest BCUT2D eigenvalue weighted by Crippen LogP contribution is -2.24. The highest BCUT2D eigenvalue weighted by Crippen LogP contribution is 2.35. The Bertz CT molecular complexity index is 737. The minimum atomic E-state index is -0.496. The van der Waals surface area contributed by atoms with Crippen molar-refractivity contribution in [3.63, 3.8) is 0 Å². The molecule has 0 heterocycles. The molecule has 5 heteroatoms. The molecule has 114 valence electrons. The van der Waals surface area contributed by atoms with E-state index < -0.39 is 5.91 Å². The summed E-state index contributed by atoms with van der Waals surface area (Å²) < 4.78 is 0. The van der Waals surface area contributed by atoms with Crippen LogP contribution in [-0.4, -0.2) is 28.4 Å². The summed E-state index contributed by atoms with van der Waals surface area (Å²) in [5.74, 6) is -0.821. The summed E-state index contributed by atoms with van der Waals surface area (Å²) in [6, 6.07) is 7.97. The summed E-state index contributed by atoms with van der Waals surface area (Å²) in [5, 5.41) is 23.6. The quantitative estimate of drug-likeness (QED) is 0.434. The molecule has 0 unspecified atom stereocenters. The Morgan fingerprint density at radius 2 is 1.86 bits per heavy atom. The van der Waals surface area contributed by atoms with Gasteiger partial charge in [-0.1, -0.05) is 30.8 Å². The van der Waals surface area contributed by atoms with Crippen molar-refractivity contribution in [3.05, 3.63) is 48.6 Å². The average Bonchev–Trinajstić information content (AvgIpc) is 2.54. The number of benzene rings is 2. The van der Waals surface area contributed by atoms with Crippen LogP contribution in [0.2, 0.25) is 0 Å². The first-order valence-corrected chi connectivity index (χ1v) is 6.91. The van der Waals surface area contributed by atoms with Crippen LogP contribution in [0, 0.1) is 0 Å². The lowest BCUT2D eigenvalue weighted by Gasteiger charge is -2.10. The van der Waals surface area contributed by atoms with Gasteiger partial charge < -0.3 is 15.5 Å². The van der Waals surface area contributed by atoms with E-state index in [0.29, 0.717) is 30.2 Å². The minimum absolute atomic E-state index is 0.00578. The van der Waals surface area contributed by atoms with Crippen molar-refractivity contribution < 1.29 is 19.8 Å². The second-order valence-electron chi connectivity index (χ2n) is 4.87. The van der Waals surface area contributed by atoms with E-state index in [2.05, 4.69) is 11.9 Å². The first kappa shape index (κ1) is 15.6. The first-order valence-electron chi connectivity index (χ1n) is 6.91. The molecule has 0 aromatic heterocycles. The molecule has 1 amide bonds. The molecule has 0 aliphatic carbocycles. The molecule has 22 heavy (non-hydrogen) atoms. The van der Waals surface area contributed by atoms with Gasteiger partial charge in [0.25, 0.3) is 5.91 Å². The van der Waals surface area contributed by atoms with Crippen molar-refractivity contribution in [2.75, 3.05) is 6.54 Å². The highest BCUT2D eigenvalue weighted by molar-refractivity contribution is 6.05. The van der Waals surface area contributed by atoms with Crippen LogP contribution in [0.1, 0.15) is 23.2 Å². The number of fused-ring (bicyclic) bond motifs is 1. The lowest BCUT2D eigenvalue weighted by molar-refractivity contribution is -0.114. The second kappa shape index (κ2) is 6.76. The van der Waals surface area contributed by atoms with Gasteiger partial charge in [-0.3, -0.25) is 9.59 Å². The third-order valence-corrected chi connectivity index (χ3v) is 3.35. The zero-order valence-corrected chi connectivity index (χ0v) is 12.0. The van der Waals surface area contributed by atoms with Gasteiger partial charge in [0.1, 0.15) is 11.5 Å². The molecule has 2 aromatic carbocycles. The molecule has 0 bridgehead atoms. The summed E-state index contributed by atoms with van der Waals surface area (Å²) >= 11 is 0. The Morgan fingerprint density at radius 3 is 2.55 bits per heavy atom. The van der Waals surface area contributed by atoms with Crippen molar-refractivity contribution in [3.8, 4) is 11.5 Å². The van der Waals surface area contributed by atoms with Gasteiger partial charge in [0.05, 0.1) is 5.56 Å². The molecule has 0 saturated carbocycles. The van der Waals surface area contributed by atoms with Crippen LogP contribution in [-0.2, 0) is 4.79 Å².